The molecule has 120 valence electrons. The van der Waals surface area contributed by atoms with Crippen molar-refractivity contribution < 1.29 is 8.91 Å². The summed E-state index contributed by atoms with van der Waals surface area (Å²) < 4.78 is 20.5. The van der Waals surface area contributed by atoms with Crippen LogP contribution in [0.15, 0.2) is 59.3 Å². The SMILES string of the molecule is CC(C)n1ccc2cc(-c3noc(-c4ccc(F)cc4)n3)ccc21. The van der Waals surface area contributed by atoms with Crippen molar-refractivity contribution in [2.45, 2.75) is 19.9 Å². The third-order valence-corrected chi connectivity index (χ3v) is 4.05. The molecule has 0 fully saturated rings. The van der Waals surface area contributed by atoms with Gasteiger partial charge >= 0.3 is 0 Å². The highest BCUT2D eigenvalue weighted by Crippen LogP contribution is 2.27. The Morgan fingerprint density at radius 1 is 1.00 bits per heavy atom. The van der Waals surface area contributed by atoms with Crippen molar-refractivity contribution in [3.63, 3.8) is 0 Å². The van der Waals surface area contributed by atoms with E-state index in [1.807, 2.05) is 12.1 Å². The smallest absolute Gasteiger partial charge is 0.258 e. The lowest BCUT2D eigenvalue weighted by atomic mass is 10.1. The molecular formula is C19H16FN3O. The Hall–Kier alpha value is -2.95. The van der Waals surface area contributed by atoms with Gasteiger partial charge in [-0.25, -0.2) is 4.39 Å². The first-order chi connectivity index (χ1) is 11.6. The highest BCUT2D eigenvalue weighted by atomic mass is 19.1. The zero-order valence-corrected chi connectivity index (χ0v) is 13.4. The van der Waals surface area contributed by atoms with E-state index in [9.17, 15) is 4.39 Å². The maximum absolute atomic E-state index is 13.0. The van der Waals surface area contributed by atoms with Crippen molar-refractivity contribution in [2.75, 3.05) is 0 Å². The van der Waals surface area contributed by atoms with Crippen molar-refractivity contribution >= 4 is 10.9 Å². The lowest BCUT2D eigenvalue weighted by Gasteiger charge is -2.09. The Kier molecular flexibility index (Phi) is 3.41. The third kappa shape index (κ3) is 2.48. The van der Waals surface area contributed by atoms with E-state index in [2.05, 4.69) is 46.9 Å². The number of fused-ring (bicyclic) bond motifs is 1. The van der Waals surface area contributed by atoms with Gasteiger partial charge in [0, 0.05) is 34.3 Å². The predicted octanol–water partition coefficient (Wildman–Crippen LogP) is 5.08. The van der Waals surface area contributed by atoms with Gasteiger partial charge in [0.2, 0.25) is 5.82 Å². The van der Waals surface area contributed by atoms with Crippen LogP contribution >= 0.6 is 0 Å². The van der Waals surface area contributed by atoms with E-state index in [1.54, 1.807) is 12.1 Å². The Morgan fingerprint density at radius 2 is 1.75 bits per heavy atom. The van der Waals surface area contributed by atoms with E-state index in [0.717, 1.165) is 10.9 Å². The number of aromatic nitrogens is 3. The second-order valence-corrected chi connectivity index (χ2v) is 6.02. The van der Waals surface area contributed by atoms with E-state index >= 15 is 0 Å². The zero-order valence-electron chi connectivity index (χ0n) is 13.4. The van der Waals surface area contributed by atoms with Gasteiger partial charge in [-0.2, -0.15) is 4.98 Å². The van der Waals surface area contributed by atoms with Crippen LogP contribution in [0.2, 0.25) is 0 Å². The molecule has 0 aliphatic rings. The quantitative estimate of drug-likeness (QED) is 0.528. The minimum absolute atomic E-state index is 0.293. The standard InChI is InChI=1S/C19H16FN3O/c1-12(2)23-10-9-14-11-15(5-8-17(14)23)18-21-19(24-22-18)13-3-6-16(20)7-4-13/h3-12H,1-2H3. The molecule has 4 rings (SSSR count). The molecule has 0 aliphatic heterocycles. The number of benzene rings is 2. The summed E-state index contributed by atoms with van der Waals surface area (Å²) in [6.07, 6.45) is 2.08. The lowest BCUT2D eigenvalue weighted by Crippen LogP contribution is -1.97. The Morgan fingerprint density at radius 3 is 2.50 bits per heavy atom. The Labute approximate surface area is 138 Å². The van der Waals surface area contributed by atoms with Crippen LogP contribution in [0.3, 0.4) is 0 Å². The summed E-state index contributed by atoms with van der Waals surface area (Å²) in [5, 5.41) is 5.18. The molecule has 0 aliphatic carbocycles. The Bertz CT molecular complexity index is 999. The van der Waals surface area contributed by atoms with E-state index in [1.165, 1.54) is 17.6 Å². The molecule has 0 radical (unpaired) electrons. The molecule has 2 heterocycles. The van der Waals surface area contributed by atoms with Crippen LogP contribution in [0.5, 0.6) is 0 Å². The predicted molar refractivity (Wildman–Crippen MR) is 91.0 cm³/mol. The van der Waals surface area contributed by atoms with Crippen LogP contribution in [-0.4, -0.2) is 14.7 Å². The average Bonchev–Trinajstić information content (AvgIpc) is 3.22. The van der Waals surface area contributed by atoms with Gasteiger partial charge in [0.25, 0.3) is 5.89 Å². The van der Waals surface area contributed by atoms with Gasteiger partial charge in [0.05, 0.1) is 0 Å². The van der Waals surface area contributed by atoms with Crippen molar-refractivity contribution in [1.82, 2.24) is 14.7 Å². The summed E-state index contributed by atoms with van der Waals surface area (Å²) >= 11 is 0. The molecule has 0 saturated carbocycles. The summed E-state index contributed by atoms with van der Waals surface area (Å²) in [4.78, 5) is 4.42. The van der Waals surface area contributed by atoms with E-state index < -0.39 is 0 Å². The fraction of sp³-hybridized carbons (Fsp3) is 0.158. The van der Waals surface area contributed by atoms with E-state index in [4.69, 9.17) is 4.52 Å². The molecule has 24 heavy (non-hydrogen) atoms. The lowest BCUT2D eigenvalue weighted by molar-refractivity contribution is 0.432. The van der Waals surface area contributed by atoms with Gasteiger partial charge in [-0.05, 0) is 62.4 Å². The van der Waals surface area contributed by atoms with Crippen LogP contribution in [0.1, 0.15) is 19.9 Å². The maximum atomic E-state index is 13.0. The molecule has 0 saturated heterocycles. The molecule has 0 spiro atoms. The normalized spacial score (nSPS) is 11.5. The summed E-state index contributed by atoms with van der Waals surface area (Å²) in [6.45, 7) is 4.31. The molecule has 5 heteroatoms. The highest BCUT2D eigenvalue weighted by molar-refractivity contribution is 5.84. The summed E-state index contributed by atoms with van der Waals surface area (Å²) in [5.41, 5.74) is 2.76. The average molecular weight is 321 g/mol. The van der Waals surface area contributed by atoms with Crippen LogP contribution < -0.4 is 0 Å². The largest absolute Gasteiger partial charge is 0.345 e. The molecule has 4 nitrogen and oxygen atoms in total. The third-order valence-electron chi connectivity index (χ3n) is 4.05. The summed E-state index contributed by atoms with van der Waals surface area (Å²) in [7, 11) is 0. The molecule has 0 bridgehead atoms. The number of hydrogen-bond donors (Lipinski definition) is 0. The van der Waals surface area contributed by atoms with Crippen LogP contribution in [0.25, 0.3) is 33.7 Å². The minimum Gasteiger partial charge on any atom is -0.345 e. The number of nitrogens with zero attached hydrogens (tertiary/aromatic N) is 3. The van der Waals surface area contributed by atoms with Crippen LogP contribution in [-0.2, 0) is 0 Å². The zero-order chi connectivity index (χ0) is 16.7. The second kappa shape index (κ2) is 5.60. The van der Waals surface area contributed by atoms with Gasteiger partial charge in [-0.3, -0.25) is 0 Å². The molecule has 2 aromatic heterocycles. The fourth-order valence-corrected chi connectivity index (χ4v) is 2.80. The topological polar surface area (TPSA) is 43.9 Å². The fourth-order valence-electron chi connectivity index (χ4n) is 2.80. The van der Waals surface area contributed by atoms with Crippen molar-refractivity contribution in [2.24, 2.45) is 0 Å². The maximum Gasteiger partial charge on any atom is 0.258 e. The summed E-state index contributed by atoms with van der Waals surface area (Å²) in [6, 6.07) is 14.6. The van der Waals surface area contributed by atoms with Crippen LogP contribution in [0.4, 0.5) is 4.39 Å². The van der Waals surface area contributed by atoms with Gasteiger partial charge in [0.1, 0.15) is 5.82 Å². The molecular weight excluding hydrogens is 305 g/mol. The Balaban J connectivity index is 1.71. The van der Waals surface area contributed by atoms with Crippen molar-refractivity contribution in [3.05, 3.63) is 60.5 Å². The minimum atomic E-state index is -0.293. The first-order valence-corrected chi connectivity index (χ1v) is 7.82. The van der Waals surface area contributed by atoms with E-state index in [0.29, 0.717) is 23.3 Å². The second-order valence-electron chi connectivity index (χ2n) is 6.02. The first-order valence-electron chi connectivity index (χ1n) is 7.82. The van der Waals surface area contributed by atoms with Gasteiger partial charge < -0.3 is 9.09 Å². The highest BCUT2D eigenvalue weighted by Gasteiger charge is 2.12. The van der Waals surface area contributed by atoms with Gasteiger partial charge in [-0.1, -0.05) is 5.16 Å². The molecule has 4 aromatic rings. The molecule has 0 unspecified atom stereocenters. The van der Waals surface area contributed by atoms with Gasteiger partial charge in [-0.15, -0.1) is 0 Å². The van der Waals surface area contributed by atoms with Crippen LogP contribution in [0, 0.1) is 5.82 Å². The molecule has 2 aromatic carbocycles. The number of halogens is 1. The summed E-state index contributed by atoms with van der Waals surface area (Å²) in [5.74, 6) is 0.608. The molecule has 0 amide bonds. The van der Waals surface area contributed by atoms with E-state index in [-0.39, 0.29) is 5.82 Å². The first kappa shape index (κ1) is 14.6. The van der Waals surface area contributed by atoms with Crippen molar-refractivity contribution in [1.29, 1.82) is 0 Å². The number of rotatable bonds is 3. The number of hydrogen-bond acceptors (Lipinski definition) is 3. The monoisotopic (exact) mass is 321 g/mol. The van der Waals surface area contributed by atoms with Gasteiger partial charge in [0.15, 0.2) is 0 Å². The molecule has 0 atom stereocenters. The van der Waals surface area contributed by atoms with Crippen molar-refractivity contribution in [3.8, 4) is 22.8 Å². The molecule has 0 N–H and O–H groups in total.